The quantitative estimate of drug-likeness (QED) is 0.784. The number of rotatable bonds is 4. The first-order valence-electron chi connectivity index (χ1n) is 5.32. The summed E-state index contributed by atoms with van der Waals surface area (Å²) in [6.45, 7) is 0.227. The molecule has 0 saturated carbocycles. The fourth-order valence-electron chi connectivity index (χ4n) is 1.52. The van der Waals surface area contributed by atoms with Crippen molar-refractivity contribution in [2.75, 3.05) is 0 Å². The van der Waals surface area contributed by atoms with Crippen LogP contribution in [0.2, 0.25) is 5.02 Å². The SMILES string of the molecule is O=Cc1ccc(F)c(Cl)c1OCc1ccccc1. The van der Waals surface area contributed by atoms with Crippen molar-refractivity contribution in [2.24, 2.45) is 0 Å². The van der Waals surface area contributed by atoms with Crippen molar-refractivity contribution in [3.05, 3.63) is 64.4 Å². The van der Waals surface area contributed by atoms with Crippen LogP contribution in [0.3, 0.4) is 0 Å². The van der Waals surface area contributed by atoms with E-state index in [1.807, 2.05) is 30.3 Å². The lowest BCUT2D eigenvalue weighted by Gasteiger charge is -2.10. The first kappa shape index (κ1) is 12.6. The number of carbonyl (C=O) groups excluding carboxylic acids is 1. The maximum atomic E-state index is 13.3. The normalized spacial score (nSPS) is 10.1. The van der Waals surface area contributed by atoms with Crippen LogP contribution in [-0.4, -0.2) is 6.29 Å². The van der Waals surface area contributed by atoms with E-state index >= 15 is 0 Å². The van der Waals surface area contributed by atoms with Crippen LogP contribution in [0.5, 0.6) is 5.75 Å². The van der Waals surface area contributed by atoms with Gasteiger partial charge in [0.25, 0.3) is 0 Å². The van der Waals surface area contributed by atoms with E-state index in [4.69, 9.17) is 16.3 Å². The smallest absolute Gasteiger partial charge is 0.153 e. The van der Waals surface area contributed by atoms with Crippen LogP contribution in [0, 0.1) is 5.82 Å². The molecule has 0 unspecified atom stereocenters. The second kappa shape index (κ2) is 5.65. The van der Waals surface area contributed by atoms with Crippen LogP contribution in [0.4, 0.5) is 4.39 Å². The van der Waals surface area contributed by atoms with Crippen molar-refractivity contribution < 1.29 is 13.9 Å². The molecule has 2 aromatic rings. The van der Waals surface area contributed by atoms with E-state index in [-0.39, 0.29) is 22.9 Å². The van der Waals surface area contributed by atoms with Crippen LogP contribution in [0.1, 0.15) is 15.9 Å². The Labute approximate surface area is 109 Å². The number of hydrogen-bond acceptors (Lipinski definition) is 2. The van der Waals surface area contributed by atoms with Crippen molar-refractivity contribution in [2.45, 2.75) is 6.61 Å². The maximum absolute atomic E-state index is 13.3. The highest BCUT2D eigenvalue weighted by Crippen LogP contribution is 2.31. The van der Waals surface area contributed by atoms with E-state index < -0.39 is 5.82 Å². The molecule has 0 N–H and O–H groups in total. The Morgan fingerprint density at radius 3 is 2.56 bits per heavy atom. The van der Waals surface area contributed by atoms with Crippen molar-refractivity contribution in [3.8, 4) is 5.75 Å². The highest BCUT2D eigenvalue weighted by Gasteiger charge is 2.13. The summed E-state index contributed by atoms with van der Waals surface area (Å²) in [6, 6.07) is 11.8. The van der Waals surface area contributed by atoms with Crippen molar-refractivity contribution in [3.63, 3.8) is 0 Å². The van der Waals surface area contributed by atoms with Crippen LogP contribution in [-0.2, 0) is 6.61 Å². The Kier molecular flexibility index (Phi) is 3.95. The molecular weight excluding hydrogens is 255 g/mol. The molecule has 0 amide bonds. The lowest BCUT2D eigenvalue weighted by Crippen LogP contribution is -2.00. The Balaban J connectivity index is 2.23. The Bertz CT molecular complexity index is 555. The molecule has 0 fully saturated rings. The van der Waals surface area contributed by atoms with E-state index in [0.717, 1.165) is 11.6 Å². The third-order valence-corrected chi connectivity index (χ3v) is 2.79. The molecule has 0 aromatic heterocycles. The third-order valence-electron chi connectivity index (χ3n) is 2.43. The number of benzene rings is 2. The van der Waals surface area contributed by atoms with Crippen molar-refractivity contribution >= 4 is 17.9 Å². The molecule has 4 heteroatoms. The highest BCUT2D eigenvalue weighted by molar-refractivity contribution is 6.32. The van der Waals surface area contributed by atoms with Crippen molar-refractivity contribution in [1.29, 1.82) is 0 Å². The van der Waals surface area contributed by atoms with Gasteiger partial charge in [-0.2, -0.15) is 0 Å². The number of halogens is 2. The maximum Gasteiger partial charge on any atom is 0.153 e. The van der Waals surface area contributed by atoms with Gasteiger partial charge in [-0.25, -0.2) is 4.39 Å². The summed E-state index contributed by atoms with van der Waals surface area (Å²) in [4.78, 5) is 10.8. The topological polar surface area (TPSA) is 26.3 Å². The number of hydrogen-bond donors (Lipinski definition) is 0. The summed E-state index contributed by atoms with van der Waals surface area (Å²) in [5.41, 5.74) is 1.15. The van der Waals surface area contributed by atoms with Gasteiger partial charge in [0.1, 0.15) is 17.4 Å². The molecule has 18 heavy (non-hydrogen) atoms. The molecule has 0 saturated heterocycles. The van der Waals surface area contributed by atoms with E-state index in [2.05, 4.69) is 0 Å². The molecule has 0 bridgehead atoms. The van der Waals surface area contributed by atoms with Gasteiger partial charge in [0.15, 0.2) is 12.0 Å². The van der Waals surface area contributed by atoms with Crippen LogP contribution >= 0.6 is 11.6 Å². The summed E-state index contributed by atoms with van der Waals surface area (Å²) in [6.07, 6.45) is 0.589. The zero-order valence-electron chi connectivity index (χ0n) is 9.40. The summed E-state index contributed by atoms with van der Waals surface area (Å²) < 4.78 is 18.7. The van der Waals surface area contributed by atoms with Crippen LogP contribution in [0.25, 0.3) is 0 Å². The van der Waals surface area contributed by atoms with Gasteiger partial charge in [-0.1, -0.05) is 41.9 Å². The monoisotopic (exact) mass is 264 g/mol. The Morgan fingerprint density at radius 1 is 1.17 bits per heavy atom. The van der Waals surface area contributed by atoms with E-state index in [9.17, 15) is 9.18 Å². The minimum atomic E-state index is -0.606. The largest absolute Gasteiger partial charge is 0.486 e. The molecule has 2 nitrogen and oxygen atoms in total. The van der Waals surface area contributed by atoms with Gasteiger partial charge in [0.2, 0.25) is 0 Å². The number of ether oxygens (including phenoxy) is 1. The minimum absolute atomic E-state index is 0.0792. The Morgan fingerprint density at radius 2 is 1.89 bits per heavy atom. The molecule has 0 radical (unpaired) electrons. The molecule has 92 valence electrons. The molecule has 2 rings (SSSR count). The van der Waals surface area contributed by atoms with Crippen LogP contribution < -0.4 is 4.74 Å². The number of aldehydes is 1. The number of carbonyl (C=O) groups is 1. The predicted octanol–water partition coefficient (Wildman–Crippen LogP) is 3.87. The van der Waals surface area contributed by atoms with Gasteiger partial charge in [0.05, 0.1) is 5.56 Å². The molecule has 0 aliphatic heterocycles. The van der Waals surface area contributed by atoms with Gasteiger partial charge in [0, 0.05) is 0 Å². The zero-order chi connectivity index (χ0) is 13.0. The Hall–Kier alpha value is -1.87. The summed E-state index contributed by atoms with van der Waals surface area (Å²) in [5, 5.41) is -0.171. The second-order valence-corrected chi connectivity index (χ2v) is 4.05. The first-order valence-corrected chi connectivity index (χ1v) is 5.70. The molecule has 0 heterocycles. The summed E-state index contributed by atoms with van der Waals surface area (Å²) in [7, 11) is 0. The average Bonchev–Trinajstić information content (AvgIpc) is 2.41. The lowest BCUT2D eigenvalue weighted by atomic mass is 10.2. The summed E-state index contributed by atoms with van der Waals surface area (Å²) in [5.74, 6) is -0.527. The van der Waals surface area contributed by atoms with Gasteiger partial charge in [-0.05, 0) is 17.7 Å². The first-order chi connectivity index (χ1) is 8.72. The van der Waals surface area contributed by atoms with Crippen molar-refractivity contribution in [1.82, 2.24) is 0 Å². The third kappa shape index (κ3) is 2.68. The molecule has 0 atom stereocenters. The predicted molar refractivity (Wildman–Crippen MR) is 67.6 cm³/mol. The fraction of sp³-hybridized carbons (Fsp3) is 0.0714. The van der Waals surface area contributed by atoms with E-state index in [0.29, 0.717) is 6.29 Å². The molecule has 0 aliphatic rings. The van der Waals surface area contributed by atoms with Gasteiger partial charge < -0.3 is 4.74 Å². The van der Waals surface area contributed by atoms with Gasteiger partial charge in [-0.3, -0.25) is 4.79 Å². The minimum Gasteiger partial charge on any atom is -0.486 e. The second-order valence-electron chi connectivity index (χ2n) is 3.67. The lowest BCUT2D eigenvalue weighted by molar-refractivity contribution is 0.111. The van der Waals surface area contributed by atoms with Gasteiger partial charge >= 0.3 is 0 Å². The molecule has 2 aromatic carbocycles. The zero-order valence-corrected chi connectivity index (χ0v) is 10.2. The molecule has 0 spiro atoms. The average molecular weight is 265 g/mol. The van der Waals surface area contributed by atoms with E-state index in [1.54, 1.807) is 0 Å². The van der Waals surface area contributed by atoms with E-state index in [1.165, 1.54) is 6.07 Å². The highest BCUT2D eigenvalue weighted by atomic mass is 35.5. The van der Waals surface area contributed by atoms with Gasteiger partial charge in [-0.15, -0.1) is 0 Å². The standard InChI is InChI=1S/C14H10ClFO2/c15-13-12(16)7-6-11(8-17)14(13)18-9-10-4-2-1-3-5-10/h1-8H,9H2. The summed E-state index contributed by atoms with van der Waals surface area (Å²) >= 11 is 5.78. The van der Waals surface area contributed by atoms with Crippen LogP contribution in [0.15, 0.2) is 42.5 Å². The molecular formula is C14H10ClFO2. The molecule has 0 aliphatic carbocycles. The fourth-order valence-corrected chi connectivity index (χ4v) is 1.74.